The maximum absolute atomic E-state index is 14.3. The molecule has 0 aromatic carbocycles. The molecule has 116 valence electrons. The Kier molecular flexibility index (Phi) is 4.54. The molecule has 0 radical (unpaired) electrons. The average molecular weight is 302 g/mol. The zero-order valence-electron chi connectivity index (χ0n) is 11.9. The lowest BCUT2D eigenvalue weighted by molar-refractivity contribution is -0.129. The van der Waals surface area contributed by atoms with Crippen LogP contribution in [0.1, 0.15) is 13.8 Å². The van der Waals surface area contributed by atoms with Gasteiger partial charge < -0.3 is 15.1 Å². The van der Waals surface area contributed by atoms with Gasteiger partial charge in [-0.2, -0.15) is 13.8 Å². The zero-order valence-corrected chi connectivity index (χ0v) is 11.9. The van der Waals surface area contributed by atoms with Crippen LogP contribution in [0.5, 0.6) is 0 Å². The van der Waals surface area contributed by atoms with Crippen LogP contribution >= 0.6 is 0 Å². The van der Waals surface area contributed by atoms with Crippen molar-refractivity contribution in [3.05, 3.63) is 17.6 Å². The van der Waals surface area contributed by atoms with Crippen molar-refractivity contribution in [1.82, 2.24) is 9.88 Å². The molecule has 0 saturated carbocycles. The monoisotopic (exact) mass is 302 g/mol. The highest BCUT2D eigenvalue weighted by Crippen LogP contribution is 2.30. The Hall–Kier alpha value is -1.99. The second-order valence-electron chi connectivity index (χ2n) is 4.75. The van der Waals surface area contributed by atoms with Crippen LogP contribution in [-0.4, -0.2) is 48.5 Å². The Morgan fingerprint density at radius 3 is 2.33 bits per heavy atom. The maximum Gasteiger partial charge on any atom is 0.253 e. The number of amides is 1. The molecule has 21 heavy (non-hydrogen) atoms. The van der Waals surface area contributed by atoms with Crippen molar-refractivity contribution < 1.29 is 18.0 Å². The molecule has 0 aliphatic carbocycles. The van der Waals surface area contributed by atoms with Gasteiger partial charge in [0.2, 0.25) is 11.7 Å². The minimum absolute atomic E-state index is 0.0927. The normalized spacial score (nSPS) is 15.3. The van der Waals surface area contributed by atoms with Gasteiger partial charge in [0.15, 0.2) is 11.6 Å². The van der Waals surface area contributed by atoms with Crippen LogP contribution in [0, 0.1) is 17.6 Å². The molecule has 5 nitrogen and oxygen atoms in total. The number of nitrogens with one attached hydrogen (secondary N) is 1. The summed E-state index contributed by atoms with van der Waals surface area (Å²) in [6, 6.07) is 0. The molecule has 0 spiro atoms. The second kappa shape index (κ2) is 6.19. The number of pyridine rings is 1. The average Bonchev–Trinajstić information content (AvgIpc) is 2.46. The van der Waals surface area contributed by atoms with E-state index in [1.54, 1.807) is 11.8 Å². The Labute approximate surface area is 120 Å². The lowest BCUT2D eigenvalue weighted by atomic mass is 10.2. The first-order valence-electron chi connectivity index (χ1n) is 6.74. The topological polar surface area (TPSA) is 48.5 Å². The maximum atomic E-state index is 14.3. The van der Waals surface area contributed by atoms with Crippen LogP contribution in [-0.2, 0) is 4.79 Å². The van der Waals surface area contributed by atoms with E-state index in [4.69, 9.17) is 0 Å². The largest absolute Gasteiger partial charge is 0.368 e. The fourth-order valence-electron chi connectivity index (χ4n) is 2.31. The van der Waals surface area contributed by atoms with E-state index in [2.05, 4.69) is 10.3 Å². The molecule has 1 N–H and O–H groups in total. The van der Waals surface area contributed by atoms with Crippen molar-refractivity contribution >= 4 is 17.4 Å². The Balaban J connectivity index is 2.29. The second-order valence-corrected chi connectivity index (χ2v) is 4.75. The summed E-state index contributed by atoms with van der Waals surface area (Å²) in [6.07, 6.45) is 0. The van der Waals surface area contributed by atoms with Gasteiger partial charge in [-0.15, -0.1) is 0 Å². The highest BCUT2D eigenvalue weighted by atomic mass is 19.2. The summed E-state index contributed by atoms with van der Waals surface area (Å²) in [7, 11) is 0. The molecular weight excluding hydrogens is 285 g/mol. The number of nitrogens with zero attached hydrogens (tertiary/aromatic N) is 3. The Morgan fingerprint density at radius 2 is 1.81 bits per heavy atom. The molecule has 2 heterocycles. The van der Waals surface area contributed by atoms with E-state index in [0.29, 0.717) is 19.6 Å². The molecular formula is C13H17F3N4O. The summed E-state index contributed by atoms with van der Waals surface area (Å²) in [5, 5.41) is 2.57. The summed E-state index contributed by atoms with van der Waals surface area (Å²) < 4.78 is 41.7. The van der Waals surface area contributed by atoms with Crippen LogP contribution in [0.25, 0.3) is 0 Å². The molecule has 1 saturated heterocycles. The van der Waals surface area contributed by atoms with Gasteiger partial charge in [0, 0.05) is 39.6 Å². The van der Waals surface area contributed by atoms with Gasteiger partial charge in [-0.25, -0.2) is 4.39 Å². The molecule has 1 aromatic heterocycles. The number of carbonyl (C=O) groups excluding carboxylic acids is 1. The number of halogens is 3. The number of carbonyl (C=O) groups is 1. The summed E-state index contributed by atoms with van der Waals surface area (Å²) in [6.45, 7) is 4.64. The molecule has 0 atom stereocenters. The smallest absolute Gasteiger partial charge is 0.253 e. The van der Waals surface area contributed by atoms with E-state index < -0.39 is 23.3 Å². The highest BCUT2D eigenvalue weighted by Gasteiger charge is 2.28. The van der Waals surface area contributed by atoms with Crippen molar-refractivity contribution in [3.63, 3.8) is 0 Å². The van der Waals surface area contributed by atoms with Gasteiger partial charge in [0.05, 0.1) is 0 Å². The molecule has 1 aliphatic heterocycles. The van der Waals surface area contributed by atoms with Crippen LogP contribution in [0.2, 0.25) is 0 Å². The number of hydrogen-bond acceptors (Lipinski definition) is 4. The Bertz CT molecular complexity index is 545. The van der Waals surface area contributed by atoms with Crippen molar-refractivity contribution in [2.45, 2.75) is 13.8 Å². The standard InChI is InChI=1S/C13H17F3N4O/c1-3-17-13-10(15)11(9(14)12(16)18-13)20-6-4-19(5-7-20)8(2)21/h3-7H2,1-2H3,(H,17,18). The SMILES string of the molecule is CCNc1nc(F)c(F)c(N2CCN(C(C)=O)CC2)c1F. The lowest BCUT2D eigenvalue weighted by Crippen LogP contribution is -2.48. The van der Waals surface area contributed by atoms with Gasteiger partial charge in [0.1, 0.15) is 5.69 Å². The van der Waals surface area contributed by atoms with Crippen molar-refractivity contribution in [2.24, 2.45) is 0 Å². The summed E-state index contributed by atoms with van der Waals surface area (Å²) >= 11 is 0. The van der Waals surface area contributed by atoms with Crippen molar-refractivity contribution in [1.29, 1.82) is 0 Å². The van der Waals surface area contributed by atoms with E-state index in [-0.39, 0.29) is 24.8 Å². The third-order valence-corrected chi connectivity index (χ3v) is 3.40. The number of anilines is 2. The summed E-state index contributed by atoms with van der Waals surface area (Å²) in [5.41, 5.74) is -0.429. The number of piperazine rings is 1. The number of aromatic nitrogens is 1. The third-order valence-electron chi connectivity index (χ3n) is 3.40. The predicted molar refractivity (Wildman–Crippen MR) is 72.7 cm³/mol. The van der Waals surface area contributed by atoms with Gasteiger partial charge in [-0.3, -0.25) is 4.79 Å². The predicted octanol–water partition coefficient (Wildman–Crippen LogP) is 1.60. The first-order valence-corrected chi connectivity index (χ1v) is 6.74. The molecule has 8 heteroatoms. The van der Waals surface area contributed by atoms with Crippen LogP contribution in [0.3, 0.4) is 0 Å². The van der Waals surface area contributed by atoms with E-state index >= 15 is 0 Å². The molecule has 1 fully saturated rings. The molecule has 0 unspecified atom stereocenters. The van der Waals surface area contributed by atoms with Crippen LogP contribution in [0.15, 0.2) is 0 Å². The fourth-order valence-corrected chi connectivity index (χ4v) is 2.31. The first kappa shape index (κ1) is 15.4. The molecule has 1 aliphatic rings. The zero-order chi connectivity index (χ0) is 15.6. The number of rotatable bonds is 3. The lowest BCUT2D eigenvalue weighted by Gasteiger charge is -2.35. The molecule has 1 aromatic rings. The van der Waals surface area contributed by atoms with E-state index in [1.807, 2.05) is 0 Å². The van der Waals surface area contributed by atoms with Crippen LogP contribution in [0.4, 0.5) is 24.7 Å². The first-order chi connectivity index (χ1) is 9.95. The molecule has 2 rings (SSSR count). The van der Waals surface area contributed by atoms with Crippen molar-refractivity contribution in [2.75, 3.05) is 42.9 Å². The summed E-state index contributed by atoms with van der Waals surface area (Å²) in [4.78, 5) is 17.5. The van der Waals surface area contributed by atoms with E-state index in [9.17, 15) is 18.0 Å². The highest BCUT2D eigenvalue weighted by molar-refractivity contribution is 5.73. The fraction of sp³-hybridized carbons (Fsp3) is 0.538. The quantitative estimate of drug-likeness (QED) is 0.862. The Morgan fingerprint density at radius 1 is 1.19 bits per heavy atom. The van der Waals surface area contributed by atoms with Gasteiger partial charge >= 0.3 is 0 Å². The van der Waals surface area contributed by atoms with E-state index in [0.717, 1.165) is 0 Å². The van der Waals surface area contributed by atoms with Crippen LogP contribution < -0.4 is 10.2 Å². The molecule has 0 bridgehead atoms. The minimum Gasteiger partial charge on any atom is -0.368 e. The summed E-state index contributed by atoms with van der Waals surface area (Å²) in [5.74, 6) is -3.95. The molecule has 1 amide bonds. The van der Waals surface area contributed by atoms with Crippen molar-refractivity contribution in [3.8, 4) is 0 Å². The van der Waals surface area contributed by atoms with Gasteiger partial charge in [0.25, 0.3) is 5.95 Å². The number of hydrogen-bond donors (Lipinski definition) is 1. The van der Waals surface area contributed by atoms with Gasteiger partial charge in [-0.05, 0) is 6.92 Å². The van der Waals surface area contributed by atoms with E-state index in [1.165, 1.54) is 11.8 Å². The van der Waals surface area contributed by atoms with Gasteiger partial charge in [-0.1, -0.05) is 0 Å². The third kappa shape index (κ3) is 3.03. The minimum atomic E-state index is -1.34.